The molecule has 7 nitrogen and oxygen atoms in total. The summed E-state index contributed by atoms with van der Waals surface area (Å²) in [4.78, 5) is 38.3. The molecule has 1 amide bonds. The molecule has 0 aliphatic rings. The topological polar surface area (TPSA) is 109 Å². The molecule has 0 aliphatic heterocycles. The number of benzene rings is 3. The van der Waals surface area contributed by atoms with E-state index in [4.69, 9.17) is 0 Å². The third-order valence-corrected chi connectivity index (χ3v) is 7.00. The van der Waals surface area contributed by atoms with Gasteiger partial charge in [-0.15, -0.1) is 0 Å². The van der Waals surface area contributed by atoms with Crippen LogP contribution in [0.3, 0.4) is 0 Å². The van der Waals surface area contributed by atoms with E-state index in [9.17, 15) is 29.0 Å². The summed E-state index contributed by atoms with van der Waals surface area (Å²) >= 11 is 0. The average molecular weight is 557 g/mol. The van der Waals surface area contributed by atoms with Crippen molar-refractivity contribution in [2.24, 2.45) is 0 Å². The summed E-state index contributed by atoms with van der Waals surface area (Å²) in [6, 6.07) is 23.9. The number of halogens is 1. The standard InChI is InChI=1S/C33H33FN2O5/c1-4-33(41,20-26(37)19-27(38)39)36-30(21(2)3)29(32(40)35-25-13-9-6-10-14-25)28(22-11-7-5-8-12-22)31(36)23-15-17-24(34)18-16-23/h5-18,21,41H,4,19-20H2,1-3H3,(H,35,40)(H,38,39)/t33-/m1/s1. The lowest BCUT2D eigenvalue weighted by Crippen LogP contribution is -2.38. The number of nitrogens with one attached hydrogen (secondary N) is 1. The fraction of sp³-hybridized carbons (Fsp3) is 0.242. The van der Waals surface area contributed by atoms with Crippen molar-refractivity contribution in [3.63, 3.8) is 0 Å². The molecule has 0 unspecified atom stereocenters. The number of hydrogen-bond acceptors (Lipinski definition) is 4. The molecule has 1 heterocycles. The Morgan fingerprint density at radius 3 is 2.02 bits per heavy atom. The van der Waals surface area contributed by atoms with Crippen LogP contribution in [-0.2, 0) is 15.3 Å². The fourth-order valence-electron chi connectivity index (χ4n) is 5.19. The van der Waals surface area contributed by atoms with Gasteiger partial charge in [-0.2, -0.15) is 0 Å². The molecule has 41 heavy (non-hydrogen) atoms. The van der Waals surface area contributed by atoms with Crippen molar-refractivity contribution in [2.45, 2.75) is 51.7 Å². The van der Waals surface area contributed by atoms with E-state index >= 15 is 0 Å². The van der Waals surface area contributed by atoms with Crippen LogP contribution >= 0.6 is 0 Å². The highest BCUT2D eigenvalue weighted by Crippen LogP contribution is 2.46. The van der Waals surface area contributed by atoms with Crippen LogP contribution in [0.2, 0.25) is 0 Å². The Balaban J connectivity index is 2.12. The molecule has 0 aliphatic carbocycles. The SMILES string of the molecule is CC[C@@](O)(CC(=O)CC(=O)O)n1c(-c2ccc(F)cc2)c(-c2ccccc2)c(C(=O)Nc2ccccc2)c1C(C)C. The van der Waals surface area contributed by atoms with E-state index in [-0.39, 0.29) is 12.3 Å². The van der Waals surface area contributed by atoms with Gasteiger partial charge in [-0.3, -0.25) is 14.4 Å². The zero-order valence-electron chi connectivity index (χ0n) is 23.2. The van der Waals surface area contributed by atoms with E-state index in [2.05, 4.69) is 5.32 Å². The second-order valence-corrected chi connectivity index (χ2v) is 10.3. The lowest BCUT2D eigenvalue weighted by Gasteiger charge is -2.34. The summed E-state index contributed by atoms with van der Waals surface area (Å²) in [5.74, 6) is -3.16. The number of amides is 1. The van der Waals surface area contributed by atoms with E-state index in [0.29, 0.717) is 39.3 Å². The van der Waals surface area contributed by atoms with Gasteiger partial charge < -0.3 is 20.1 Å². The number of ketones is 1. The maximum atomic E-state index is 14.2. The molecule has 0 fully saturated rings. The number of anilines is 1. The summed E-state index contributed by atoms with van der Waals surface area (Å²) in [6.45, 7) is 5.45. The molecule has 0 spiro atoms. The van der Waals surface area contributed by atoms with Gasteiger partial charge in [0.25, 0.3) is 5.91 Å². The van der Waals surface area contributed by atoms with Crippen LogP contribution in [0.1, 0.15) is 62.0 Å². The number of aliphatic hydroxyl groups is 1. The van der Waals surface area contributed by atoms with Gasteiger partial charge in [0.2, 0.25) is 0 Å². The quantitative estimate of drug-likeness (QED) is 0.176. The maximum Gasteiger partial charge on any atom is 0.310 e. The van der Waals surface area contributed by atoms with E-state index in [0.717, 1.165) is 0 Å². The number of para-hydroxylation sites is 1. The van der Waals surface area contributed by atoms with Crippen molar-refractivity contribution in [1.82, 2.24) is 4.57 Å². The number of carbonyl (C=O) groups excluding carboxylic acids is 2. The van der Waals surface area contributed by atoms with Crippen molar-refractivity contribution in [3.05, 3.63) is 102 Å². The predicted molar refractivity (Wildman–Crippen MR) is 156 cm³/mol. The molecular formula is C33H33FN2O5. The minimum atomic E-state index is -1.88. The van der Waals surface area contributed by atoms with Gasteiger partial charge in [0.05, 0.1) is 17.7 Å². The number of aromatic nitrogens is 1. The van der Waals surface area contributed by atoms with Crippen LogP contribution in [0.25, 0.3) is 22.4 Å². The fourth-order valence-corrected chi connectivity index (χ4v) is 5.19. The largest absolute Gasteiger partial charge is 0.481 e. The molecule has 1 aromatic heterocycles. The van der Waals surface area contributed by atoms with E-state index in [1.54, 1.807) is 47.9 Å². The molecule has 4 aromatic rings. The zero-order chi connectivity index (χ0) is 29.7. The van der Waals surface area contributed by atoms with Gasteiger partial charge >= 0.3 is 5.97 Å². The third-order valence-electron chi connectivity index (χ3n) is 7.00. The van der Waals surface area contributed by atoms with Crippen LogP contribution in [-0.4, -0.2) is 32.4 Å². The smallest absolute Gasteiger partial charge is 0.310 e. The summed E-state index contributed by atoms with van der Waals surface area (Å²) in [7, 11) is 0. The minimum Gasteiger partial charge on any atom is -0.481 e. The minimum absolute atomic E-state index is 0.0366. The summed E-state index contributed by atoms with van der Waals surface area (Å²) in [6.07, 6.45) is -1.21. The number of aliphatic carboxylic acids is 1. The Morgan fingerprint density at radius 1 is 0.902 bits per heavy atom. The summed E-state index contributed by atoms with van der Waals surface area (Å²) in [5, 5.41) is 24.4. The number of nitrogens with zero attached hydrogens (tertiary/aromatic N) is 1. The molecule has 0 bridgehead atoms. The summed E-state index contributed by atoms with van der Waals surface area (Å²) in [5.41, 5.74) is 1.58. The molecule has 0 saturated carbocycles. The first kappa shape index (κ1) is 29.4. The molecule has 1 atom stereocenters. The molecule has 3 N–H and O–H groups in total. The lowest BCUT2D eigenvalue weighted by atomic mass is 9.94. The van der Waals surface area contributed by atoms with Gasteiger partial charge in [0.15, 0.2) is 0 Å². The lowest BCUT2D eigenvalue weighted by molar-refractivity contribution is -0.142. The van der Waals surface area contributed by atoms with Crippen LogP contribution < -0.4 is 5.32 Å². The van der Waals surface area contributed by atoms with Gasteiger partial charge in [-0.1, -0.05) is 69.3 Å². The predicted octanol–water partition coefficient (Wildman–Crippen LogP) is 6.83. The molecule has 4 rings (SSSR count). The van der Waals surface area contributed by atoms with Crippen molar-refractivity contribution < 1.29 is 29.0 Å². The van der Waals surface area contributed by atoms with Crippen molar-refractivity contribution in [1.29, 1.82) is 0 Å². The maximum absolute atomic E-state index is 14.2. The Morgan fingerprint density at radius 2 is 1.49 bits per heavy atom. The van der Waals surface area contributed by atoms with Crippen molar-refractivity contribution in [2.75, 3.05) is 5.32 Å². The highest BCUT2D eigenvalue weighted by molar-refractivity contribution is 6.12. The number of carboxylic acid groups (broad SMARTS) is 1. The first-order valence-corrected chi connectivity index (χ1v) is 13.5. The second-order valence-electron chi connectivity index (χ2n) is 10.3. The first-order valence-electron chi connectivity index (χ1n) is 13.5. The molecule has 3 aromatic carbocycles. The monoisotopic (exact) mass is 556 g/mol. The van der Waals surface area contributed by atoms with E-state index < -0.39 is 42.0 Å². The van der Waals surface area contributed by atoms with E-state index in [1.165, 1.54) is 12.1 Å². The number of carbonyl (C=O) groups is 3. The second kappa shape index (κ2) is 12.3. The highest BCUT2D eigenvalue weighted by atomic mass is 19.1. The normalized spacial score (nSPS) is 12.6. The molecule has 212 valence electrons. The van der Waals surface area contributed by atoms with Crippen LogP contribution in [0.15, 0.2) is 84.9 Å². The summed E-state index contributed by atoms with van der Waals surface area (Å²) < 4.78 is 15.7. The molecule has 0 saturated heterocycles. The molecular weight excluding hydrogens is 523 g/mol. The number of Topliss-reactive ketones (excluding diaryl/α,β-unsaturated/α-hetero) is 1. The zero-order valence-corrected chi connectivity index (χ0v) is 23.2. The highest BCUT2D eigenvalue weighted by Gasteiger charge is 2.40. The Bertz CT molecular complexity index is 1550. The van der Waals surface area contributed by atoms with Gasteiger partial charge in [0, 0.05) is 16.9 Å². The van der Waals surface area contributed by atoms with Gasteiger partial charge in [-0.05, 0) is 59.9 Å². The molecule has 8 heteroatoms. The van der Waals surface area contributed by atoms with Crippen LogP contribution in [0, 0.1) is 5.82 Å². The Kier molecular flexibility index (Phi) is 8.83. The van der Waals surface area contributed by atoms with Crippen LogP contribution in [0.5, 0.6) is 0 Å². The van der Waals surface area contributed by atoms with Crippen LogP contribution in [0.4, 0.5) is 10.1 Å². The molecule has 0 radical (unpaired) electrons. The Hall–Kier alpha value is -4.56. The average Bonchev–Trinajstić information content (AvgIpc) is 3.31. The van der Waals surface area contributed by atoms with Gasteiger partial charge in [0.1, 0.15) is 23.7 Å². The van der Waals surface area contributed by atoms with Crippen molar-refractivity contribution in [3.8, 4) is 22.4 Å². The number of carboxylic acids is 1. The Labute approximate surface area is 238 Å². The number of rotatable bonds is 11. The van der Waals surface area contributed by atoms with E-state index in [1.807, 2.05) is 50.2 Å². The number of hydrogen-bond donors (Lipinski definition) is 3. The first-order chi connectivity index (χ1) is 19.6. The van der Waals surface area contributed by atoms with Gasteiger partial charge in [-0.25, -0.2) is 4.39 Å². The third kappa shape index (κ3) is 6.28. The van der Waals surface area contributed by atoms with Crippen molar-refractivity contribution >= 4 is 23.3 Å².